The number of esters is 2. The van der Waals surface area contributed by atoms with Crippen LogP contribution < -0.4 is 0 Å². The van der Waals surface area contributed by atoms with Crippen LogP contribution in [-0.4, -0.2) is 49.7 Å². The van der Waals surface area contributed by atoms with E-state index in [1.165, 1.54) is 7.11 Å². The maximum Gasteiger partial charge on any atom is 0.323 e. The Labute approximate surface area is 102 Å². The summed E-state index contributed by atoms with van der Waals surface area (Å²) in [6, 6.07) is -0.197. The molecular formula is C12H21NO4. The first-order valence-corrected chi connectivity index (χ1v) is 6.08. The quantitative estimate of drug-likeness (QED) is 0.669. The third-order valence-electron chi connectivity index (χ3n) is 3.03. The van der Waals surface area contributed by atoms with E-state index in [1.54, 1.807) is 6.92 Å². The zero-order chi connectivity index (χ0) is 12.8. The van der Waals surface area contributed by atoms with Gasteiger partial charge in [-0.3, -0.25) is 14.5 Å². The molecule has 17 heavy (non-hydrogen) atoms. The van der Waals surface area contributed by atoms with Crippen LogP contribution in [0.15, 0.2) is 0 Å². The Hall–Kier alpha value is -1.10. The number of hydrogen-bond acceptors (Lipinski definition) is 5. The first-order valence-electron chi connectivity index (χ1n) is 6.08. The summed E-state index contributed by atoms with van der Waals surface area (Å²) < 4.78 is 9.71. The molecule has 0 aliphatic carbocycles. The lowest BCUT2D eigenvalue weighted by molar-refractivity contribution is -0.151. The van der Waals surface area contributed by atoms with Gasteiger partial charge in [-0.1, -0.05) is 6.92 Å². The summed E-state index contributed by atoms with van der Waals surface area (Å²) in [5.41, 5.74) is 0. The Morgan fingerprint density at radius 3 is 2.76 bits per heavy atom. The Morgan fingerprint density at radius 1 is 1.47 bits per heavy atom. The minimum atomic E-state index is -0.210. The summed E-state index contributed by atoms with van der Waals surface area (Å²) in [4.78, 5) is 25.0. The van der Waals surface area contributed by atoms with E-state index in [1.807, 2.05) is 11.8 Å². The zero-order valence-electron chi connectivity index (χ0n) is 10.8. The molecule has 1 rings (SSSR count). The highest BCUT2D eigenvalue weighted by atomic mass is 16.5. The van der Waals surface area contributed by atoms with Gasteiger partial charge in [0.25, 0.3) is 0 Å². The van der Waals surface area contributed by atoms with Gasteiger partial charge in [-0.05, 0) is 26.3 Å². The monoisotopic (exact) mass is 243 g/mol. The summed E-state index contributed by atoms with van der Waals surface area (Å²) in [6.07, 6.45) is 1.78. The van der Waals surface area contributed by atoms with E-state index < -0.39 is 0 Å². The van der Waals surface area contributed by atoms with Gasteiger partial charge in [0.2, 0.25) is 0 Å². The van der Waals surface area contributed by atoms with Gasteiger partial charge in [0.05, 0.1) is 19.6 Å². The Balaban J connectivity index is 2.49. The van der Waals surface area contributed by atoms with E-state index in [0.717, 1.165) is 19.4 Å². The van der Waals surface area contributed by atoms with Crippen molar-refractivity contribution in [3.63, 3.8) is 0 Å². The van der Waals surface area contributed by atoms with Crippen LogP contribution in [0.4, 0.5) is 0 Å². The average molecular weight is 243 g/mol. The van der Waals surface area contributed by atoms with Crippen LogP contribution in [0.1, 0.15) is 26.7 Å². The number of carbonyl (C=O) groups excluding carboxylic acids is 2. The molecule has 2 unspecified atom stereocenters. The van der Waals surface area contributed by atoms with Crippen molar-refractivity contribution in [1.82, 2.24) is 4.90 Å². The molecule has 0 spiro atoms. The fourth-order valence-electron chi connectivity index (χ4n) is 2.16. The summed E-state index contributed by atoms with van der Waals surface area (Å²) >= 11 is 0. The lowest BCUT2D eigenvalue weighted by Gasteiger charge is -2.24. The molecule has 1 heterocycles. The molecular weight excluding hydrogens is 222 g/mol. The highest BCUT2D eigenvalue weighted by Crippen LogP contribution is 2.20. The van der Waals surface area contributed by atoms with Crippen LogP contribution in [0.25, 0.3) is 0 Å². The van der Waals surface area contributed by atoms with E-state index in [2.05, 4.69) is 0 Å². The maximum atomic E-state index is 11.5. The van der Waals surface area contributed by atoms with Crippen LogP contribution in [0.5, 0.6) is 0 Å². The van der Waals surface area contributed by atoms with Crippen molar-refractivity contribution in [1.29, 1.82) is 0 Å². The van der Waals surface area contributed by atoms with Gasteiger partial charge in [0.1, 0.15) is 6.04 Å². The second kappa shape index (κ2) is 6.59. The molecule has 0 radical (unpaired) electrons. The molecule has 5 nitrogen and oxygen atoms in total. The summed E-state index contributed by atoms with van der Waals surface area (Å²) in [5, 5.41) is 0. The minimum absolute atomic E-state index is 0.197. The molecule has 0 aromatic heterocycles. The lowest BCUT2D eigenvalue weighted by atomic mass is 10.1. The van der Waals surface area contributed by atoms with E-state index in [9.17, 15) is 9.59 Å². The summed E-state index contributed by atoms with van der Waals surface area (Å²) in [6.45, 7) is 5.40. The molecule has 2 atom stereocenters. The van der Waals surface area contributed by atoms with Gasteiger partial charge in [-0.2, -0.15) is 0 Å². The van der Waals surface area contributed by atoms with Gasteiger partial charge in [-0.15, -0.1) is 0 Å². The van der Waals surface area contributed by atoms with Crippen LogP contribution in [-0.2, 0) is 19.1 Å². The maximum absolute atomic E-state index is 11.5. The smallest absolute Gasteiger partial charge is 0.323 e. The third-order valence-corrected chi connectivity index (χ3v) is 3.03. The van der Waals surface area contributed by atoms with Crippen LogP contribution in [0.2, 0.25) is 0 Å². The van der Waals surface area contributed by atoms with Crippen molar-refractivity contribution in [2.75, 3.05) is 26.8 Å². The molecule has 0 saturated carbocycles. The van der Waals surface area contributed by atoms with Gasteiger partial charge in [0.15, 0.2) is 0 Å². The number of ether oxygens (including phenoxy) is 2. The molecule has 0 amide bonds. The number of nitrogens with zero attached hydrogens (tertiary/aromatic N) is 1. The highest BCUT2D eigenvalue weighted by Gasteiger charge is 2.33. The van der Waals surface area contributed by atoms with Crippen molar-refractivity contribution < 1.29 is 19.1 Å². The highest BCUT2D eigenvalue weighted by molar-refractivity contribution is 5.76. The predicted molar refractivity (Wildman–Crippen MR) is 62.4 cm³/mol. The number of carbonyl (C=O) groups is 2. The normalized spacial score (nSPS) is 22.2. The topological polar surface area (TPSA) is 55.8 Å². The Morgan fingerprint density at radius 2 is 2.18 bits per heavy atom. The zero-order valence-corrected chi connectivity index (χ0v) is 10.8. The number of hydrogen-bond donors (Lipinski definition) is 0. The van der Waals surface area contributed by atoms with Crippen molar-refractivity contribution >= 4 is 11.9 Å². The summed E-state index contributed by atoms with van der Waals surface area (Å²) in [7, 11) is 1.40. The summed E-state index contributed by atoms with van der Waals surface area (Å²) in [5.74, 6) is -0.623. The van der Waals surface area contributed by atoms with Crippen LogP contribution in [0, 0.1) is 5.92 Å². The van der Waals surface area contributed by atoms with Crippen LogP contribution >= 0.6 is 0 Å². The van der Waals surface area contributed by atoms with Gasteiger partial charge >= 0.3 is 11.9 Å². The Bertz CT molecular complexity index is 280. The lowest BCUT2D eigenvalue weighted by Crippen LogP contribution is -2.41. The fourth-order valence-corrected chi connectivity index (χ4v) is 2.16. The number of methoxy groups -OCH3 is 1. The standard InChI is InChI=1S/C12H21NO4/c1-4-17-11(14)9(2)8-13-7-5-6-10(13)12(15)16-3/h9-10H,4-8H2,1-3H3. The van der Waals surface area contributed by atoms with E-state index in [0.29, 0.717) is 13.2 Å². The molecule has 0 N–H and O–H groups in total. The average Bonchev–Trinajstić information content (AvgIpc) is 2.76. The largest absolute Gasteiger partial charge is 0.468 e. The molecule has 1 saturated heterocycles. The van der Waals surface area contributed by atoms with Gasteiger partial charge in [-0.25, -0.2) is 0 Å². The molecule has 0 aromatic rings. The van der Waals surface area contributed by atoms with E-state index in [-0.39, 0.29) is 23.9 Å². The first-order chi connectivity index (χ1) is 8.10. The predicted octanol–water partition coefficient (Wildman–Crippen LogP) is 0.823. The fraction of sp³-hybridized carbons (Fsp3) is 0.833. The molecule has 1 aliphatic rings. The molecule has 1 aliphatic heterocycles. The molecule has 0 aromatic carbocycles. The van der Waals surface area contributed by atoms with Gasteiger partial charge < -0.3 is 9.47 Å². The van der Waals surface area contributed by atoms with Crippen molar-refractivity contribution in [2.45, 2.75) is 32.7 Å². The number of rotatable bonds is 5. The molecule has 5 heteroatoms. The van der Waals surface area contributed by atoms with E-state index >= 15 is 0 Å². The van der Waals surface area contributed by atoms with E-state index in [4.69, 9.17) is 9.47 Å². The second-order valence-electron chi connectivity index (χ2n) is 4.33. The second-order valence-corrected chi connectivity index (χ2v) is 4.33. The van der Waals surface area contributed by atoms with Crippen LogP contribution in [0.3, 0.4) is 0 Å². The van der Waals surface area contributed by atoms with Crippen molar-refractivity contribution in [3.05, 3.63) is 0 Å². The SMILES string of the molecule is CCOC(=O)C(C)CN1CCCC1C(=O)OC. The van der Waals surface area contributed by atoms with Gasteiger partial charge in [0, 0.05) is 6.54 Å². The minimum Gasteiger partial charge on any atom is -0.468 e. The molecule has 0 bridgehead atoms. The third kappa shape index (κ3) is 3.70. The van der Waals surface area contributed by atoms with Crippen molar-refractivity contribution in [3.8, 4) is 0 Å². The molecule has 98 valence electrons. The molecule has 1 fully saturated rings. The Kier molecular flexibility index (Phi) is 5.41. The first kappa shape index (κ1) is 14.0. The number of likely N-dealkylation sites (tertiary alicyclic amines) is 1. The van der Waals surface area contributed by atoms with Crippen molar-refractivity contribution in [2.24, 2.45) is 5.92 Å².